The van der Waals surface area contributed by atoms with Crippen LogP contribution in [0.5, 0.6) is 0 Å². The fourth-order valence-electron chi connectivity index (χ4n) is 2.77. The van der Waals surface area contributed by atoms with Gasteiger partial charge in [0.05, 0.1) is 0 Å². The molecule has 6 heteroatoms. The van der Waals surface area contributed by atoms with Gasteiger partial charge in [0.1, 0.15) is 12.2 Å². The Bertz CT molecular complexity index is 670. The molecular weight excluding hydrogens is 300 g/mol. The summed E-state index contributed by atoms with van der Waals surface area (Å²) in [5, 5.41) is 11.7. The van der Waals surface area contributed by atoms with E-state index >= 15 is 0 Å². The molecule has 3 rings (SSSR count). The molecule has 0 saturated heterocycles. The van der Waals surface area contributed by atoms with Gasteiger partial charge < -0.3 is 9.88 Å². The smallest absolute Gasteiger partial charge is 0.223 e. The summed E-state index contributed by atoms with van der Waals surface area (Å²) < 4.78 is 1.97. The molecular formula is C16H19ClN4O. The van der Waals surface area contributed by atoms with E-state index in [1.807, 2.05) is 35.8 Å². The van der Waals surface area contributed by atoms with Crippen molar-refractivity contribution in [3.8, 4) is 0 Å². The first-order chi connectivity index (χ1) is 10.7. The lowest BCUT2D eigenvalue weighted by Crippen LogP contribution is -2.29. The Morgan fingerprint density at radius 3 is 3.05 bits per heavy atom. The van der Waals surface area contributed by atoms with Crippen LogP contribution in [0.3, 0.4) is 0 Å². The third-order valence-corrected chi connectivity index (χ3v) is 4.44. The Labute approximate surface area is 134 Å². The van der Waals surface area contributed by atoms with Crippen LogP contribution in [0, 0.1) is 5.92 Å². The fraction of sp³-hybridized carbons (Fsp3) is 0.438. The average molecular weight is 319 g/mol. The Hall–Kier alpha value is -1.88. The minimum absolute atomic E-state index is 0.0476. The van der Waals surface area contributed by atoms with Gasteiger partial charge in [-0.15, -0.1) is 10.2 Å². The summed E-state index contributed by atoms with van der Waals surface area (Å²) in [6, 6.07) is 7.76. The third-order valence-electron chi connectivity index (χ3n) is 4.10. The molecule has 1 aliphatic rings. The molecule has 116 valence electrons. The molecule has 0 unspecified atom stereocenters. The number of rotatable bonds is 6. The highest BCUT2D eigenvalue weighted by Gasteiger charge is 2.44. The molecule has 1 saturated carbocycles. The topological polar surface area (TPSA) is 59.8 Å². The van der Waals surface area contributed by atoms with Crippen LogP contribution < -0.4 is 5.32 Å². The molecule has 1 aromatic heterocycles. The van der Waals surface area contributed by atoms with Crippen molar-refractivity contribution < 1.29 is 4.79 Å². The first kappa shape index (κ1) is 15.0. The maximum absolute atomic E-state index is 12.2. The number of benzene rings is 1. The van der Waals surface area contributed by atoms with Crippen molar-refractivity contribution in [1.82, 2.24) is 20.1 Å². The zero-order chi connectivity index (χ0) is 15.5. The second kappa shape index (κ2) is 6.48. The molecule has 22 heavy (non-hydrogen) atoms. The number of carbonyl (C=O) groups excluding carboxylic acids is 1. The minimum atomic E-state index is 0.0476. The van der Waals surface area contributed by atoms with E-state index in [0.29, 0.717) is 13.1 Å². The molecule has 1 heterocycles. The zero-order valence-corrected chi connectivity index (χ0v) is 13.3. The molecule has 2 aromatic rings. The van der Waals surface area contributed by atoms with Crippen LogP contribution in [0.15, 0.2) is 30.6 Å². The Morgan fingerprint density at radius 1 is 1.45 bits per heavy atom. The van der Waals surface area contributed by atoms with E-state index in [4.69, 9.17) is 11.6 Å². The second-order valence-corrected chi connectivity index (χ2v) is 5.96. The number of aromatic nitrogens is 3. The normalized spacial score (nSPS) is 19.9. The van der Waals surface area contributed by atoms with Gasteiger partial charge in [0.15, 0.2) is 0 Å². The number of amides is 1. The van der Waals surface area contributed by atoms with Crippen molar-refractivity contribution in [2.45, 2.75) is 32.2 Å². The number of hydrogen-bond acceptors (Lipinski definition) is 3. The van der Waals surface area contributed by atoms with Gasteiger partial charge in [-0.1, -0.05) is 36.7 Å². The number of nitrogens with one attached hydrogen (secondary N) is 1. The van der Waals surface area contributed by atoms with Crippen molar-refractivity contribution >= 4 is 17.5 Å². The van der Waals surface area contributed by atoms with Gasteiger partial charge in [-0.05, 0) is 24.0 Å². The maximum atomic E-state index is 12.2. The number of hydrogen-bond donors (Lipinski definition) is 1. The summed E-state index contributed by atoms with van der Waals surface area (Å²) in [6.45, 7) is 3.33. The lowest BCUT2D eigenvalue weighted by Gasteiger charge is -2.07. The van der Waals surface area contributed by atoms with Crippen LogP contribution in [-0.4, -0.2) is 27.2 Å². The molecule has 1 aliphatic carbocycles. The summed E-state index contributed by atoms with van der Waals surface area (Å²) >= 11 is 6.19. The average Bonchev–Trinajstić information content (AvgIpc) is 3.19. The molecule has 0 spiro atoms. The van der Waals surface area contributed by atoms with Crippen LogP contribution in [0.4, 0.5) is 0 Å². The lowest BCUT2D eigenvalue weighted by atomic mass is 10.1. The summed E-state index contributed by atoms with van der Waals surface area (Å²) in [5.74, 6) is 1.35. The van der Waals surface area contributed by atoms with Crippen molar-refractivity contribution in [3.05, 3.63) is 47.0 Å². The van der Waals surface area contributed by atoms with Gasteiger partial charge in [0.25, 0.3) is 0 Å². The molecule has 0 aliphatic heterocycles. The van der Waals surface area contributed by atoms with Gasteiger partial charge in [-0.3, -0.25) is 4.79 Å². The first-order valence-corrected chi connectivity index (χ1v) is 7.97. The standard InChI is InChI=1S/C16H19ClN4O/c1-2-15-20-19-10-21(15)8-7-18-16(22)13-9-12(13)11-5-3-4-6-14(11)17/h3-6,10,12-13H,2,7-9H2,1H3,(H,18,22)/t12-,13-/m0/s1. The second-order valence-electron chi connectivity index (χ2n) is 5.56. The van der Waals surface area contributed by atoms with Crippen molar-refractivity contribution in [2.24, 2.45) is 5.92 Å². The van der Waals surface area contributed by atoms with Gasteiger partial charge in [-0.25, -0.2) is 0 Å². The monoisotopic (exact) mass is 318 g/mol. The molecule has 0 radical (unpaired) electrons. The lowest BCUT2D eigenvalue weighted by molar-refractivity contribution is -0.122. The predicted molar refractivity (Wildman–Crippen MR) is 84.7 cm³/mol. The van der Waals surface area contributed by atoms with E-state index in [2.05, 4.69) is 15.5 Å². The van der Waals surface area contributed by atoms with Crippen LogP contribution in [0.1, 0.15) is 30.7 Å². The fourth-order valence-corrected chi connectivity index (χ4v) is 3.05. The first-order valence-electron chi connectivity index (χ1n) is 7.59. The largest absolute Gasteiger partial charge is 0.354 e. The summed E-state index contributed by atoms with van der Waals surface area (Å²) in [6.07, 6.45) is 3.42. The van der Waals surface area contributed by atoms with E-state index in [0.717, 1.165) is 29.3 Å². The van der Waals surface area contributed by atoms with Crippen molar-refractivity contribution in [2.75, 3.05) is 6.54 Å². The van der Waals surface area contributed by atoms with Gasteiger partial charge >= 0.3 is 0 Å². The molecule has 2 atom stereocenters. The number of nitrogens with zero attached hydrogens (tertiary/aromatic N) is 3. The van der Waals surface area contributed by atoms with Crippen LogP contribution >= 0.6 is 11.6 Å². The summed E-state index contributed by atoms with van der Waals surface area (Å²) in [7, 11) is 0. The number of halogens is 1. The van der Waals surface area contributed by atoms with E-state index in [1.165, 1.54) is 0 Å². The SMILES string of the molecule is CCc1nncn1CCNC(=O)[C@H]1C[C@H]1c1ccccc1Cl. The van der Waals surface area contributed by atoms with Crippen LogP contribution in [0.2, 0.25) is 5.02 Å². The van der Waals surface area contributed by atoms with Gasteiger partial charge in [0, 0.05) is 30.5 Å². The van der Waals surface area contributed by atoms with E-state index < -0.39 is 0 Å². The quantitative estimate of drug-likeness (QED) is 0.889. The highest BCUT2D eigenvalue weighted by molar-refractivity contribution is 6.31. The van der Waals surface area contributed by atoms with Crippen molar-refractivity contribution in [3.63, 3.8) is 0 Å². The minimum Gasteiger partial charge on any atom is -0.354 e. The van der Waals surface area contributed by atoms with Gasteiger partial charge in [0.2, 0.25) is 5.91 Å². The van der Waals surface area contributed by atoms with E-state index in [-0.39, 0.29) is 17.7 Å². The predicted octanol–water partition coefficient (Wildman–Crippen LogP) is 2.41. The van der Waals surface area contributed by atoms with Crippen LogP contribution in [0.25, 0.3) is 0 Å². The summed E-state index contributed by atoms with van der Waals surface area (Å²) in [4.78, 5) is 12.2. The Kier molecular flexibility index (Phi) is 4.43. The number of aryl methyl sites for hydroxylation is 1. The molecule has 1 N–H and O–H groups in total. The number of carbonyl (C=O) groups is 1. The Balaban J connectivity index is 1.49. The molecule has 5 nitrogen and oxygen atoms in total. The molecule has 0 bridgehead atoms. The third kappa shape index (κ3) is 3.14. The van der Waals surface area contributed by atoms with Gasteiger partial charge in [-0.2, -0.15) is 0 Å². The Morgan fingerprint density at radius 2 is 2.27 bits per heavy atom. The van der Waals surface area contributed by atoms with Crippen LogP contribution in [-0.2, 0) is 17.8 Å². The molecule has 1 fully saturated rings. The molecule has 1 aromatic carbocycles. The van der Waals surface area contributed by atoms with E-state index in [1.54, 1.807) is 6.33 Å². The maximum Gasteiger partial charge on any atom is 0.223 e. The highest BCUT2D eigenvalue weighted by atomic mass is 35.5. The summed E-state index contributed by atoms with van der Waals surface area (Å²) in [5.41, 5.74) is 1.08. The zero-order valence-electron chi connectivity index (χ0n) is 12.5. The van der Waals surface area contributed by atoms with E-state index in [9.17, 15) is 4.79 Å². The van der Waals surface area contributed by atoms with Crippen molar-refractivity contribution in [1.29, 1.82) is 0 Å². The highest BCUT2D eigenvalue weighted by Crippen LogP contribution is 2.49. The molecule has 1 amide bonds.